The summed E-state index contributed by atoms with van der Waals surface area (Å²) in [4.78, 5) is 16.6. The van der Waals surface area contributed by atoms with Crippen molar-refractivity contribution >= 4 is 23.0 Å². The summed E-state index contributed by atoms with van der Waals surface area (Å²) >= 11 is 1.48. The van der Waals surface area contributed by atoms with E-state index in [1.165, 1.54) is 11.3 Å². The topological polar surface area (TPSA) is 54.6 Å². The number of aromatic carboxylic acids is 1. The van der Waals surface area contributed by atoms with E-state index in [0.717, 1.165) is 4.88 Å². The number of nitrogens with zero attached hydrogens (tertiary/aromatic N) is 2. The predicted octanol–water partition coefficient (Wildman–Crippen LogP) is 2.76. The van der Waals surface area contributed by atoms with Crippen molar-refractivity contribution in [2.24, 2.45) is 0 Å². The average molecular weight is 244 g/mol. The molecule has 3 heterocycles. The Morgan fingerprint density at radius 1 is 1.29 bits per heavy atom. The molecule has 0 bridgehead atoms. The van der Waals surface area contributed by atoms with Gasteiger partial charge in [-0.15, -0.1) is 11.3 Å². The average Bonchev–Trinajstić information content (AvgIpc) is 2.95. The van der Waals surface area contributed by atoms with E-state index in [1.54, 1.807) is 22.7 Å². The van der Waals surface area contributed by atoms with Crippen LogP contribution in [0.15, 0.2) is 41.9 Å². The highest BCUT2D eigenvalue weighted by atomic mass is 32.1. The van der Waals surface area contributed by atoms with Gasteiger partial charge in [0.25, 0.3) is 0 Å². The lowest BCUT2D eigenvalue weighted by molar-refractivity contribution is 0.0690. The van der Waals surface area contributed by atoms with E-state index in [4.69, 9.17) is 0 Å². The second-order valence-corrected chi connectivity index (χ2v) is 4.47. The van der Waals surface area contributed by atoms with Gasteiger partial charge in [0.15, 0.2) is 5.69 Å². The monoisotopic (exact) mass is 244 g/mol. The fourth-order valence-electron chi connectivity index (χ4n) is 1.79. The Labute approximate surface area is 101 Å². The SMILES string of the molecule is O=C(O)c1c(-c2cccs2)nc2ccccn12. The summed E-state index contributed by atoms with van der Waals surface area (Å²) in [6.07, 6.45) is 1.71. The lowest BCUT2D eigenvalue weighted by Gasteiger charge is -1.97. The molecule has 0 aliphatic carbocycles. The van der Waals surface area contributed by atoms with Crippen LogP contribution in [-0.2, 0) is 0 Å². The maximum absolute atomic E-state index is 11.3. The van der Waals surface area contributed by atoms with Crippen LogP contribution in [0, 0.1) is 0 Å². The van der Waals surface area contributed by atoms with Crippen molar-refractivity contribution in [3.05, 3.63) is 47.6 Å². The number of fused-ring (bicyclic) bond motifs is 1. The minimum Gasteiger partial charge on any atom is -0.476 e. The molecule has 3 aromatic rings. The first-order valence-electron chi connectivity index (χ1n) is 5.01. The van der Waals surface area contributed by atoms with Crippen LogP contribution < -0.4 is 0 Å². The Morgan fingerprint density at radius 2 is 2.18 bits per heavy atom. The van der Waals surface area contributed by atoms with Gasteiger partial charge in [0, 0.05) is 6.20 Å². The van der Waals surface area contributed by atoms with E-state index < -0.39 is 5.97 Å². The summed E-state index contributed by atoms with van der Waals surface area (Å²) in [7, 11) is 0. The number of carboxylic acid groups (broad SMARTS) is 1. The molecule has 0 atom stereocenters. The third-order valence-electron chi connectivity index (χ3n) is 2.49. The number of carboxylic acids is 1. The molecule has 0 amide bonds. The van der Waals surface area contributed by atoms with Crippen LogP contribution >= 0.6 is 11.3 Å². The first-order valence-corrected chi connectivity index (χ1v) is 5.89. The molecule has 0 saturated carbocycles. The molecule has 4 nitrogen and oxygen atoms in total. The summed E-state index contributed by atoms with van der Waals surface area (Å²) in [6.45, 7) is 0. The number of imidazole rings is 1. The minimum atomic E-state index is -0.966. The highest BCUT2D eigenvalue weighted by Gasteiger charge is 2.19. The molecule has 0 saturated heterocycles. The molecule has 0 aliphatic rings. The molecule has 17 heavy (non-hydrogen) atoms. The van der Waals surface area contributed by atoms with Gasteiger partial charge in [0.2, 0.25) is 0 Å². The van der Waals surface area contributed by atoms with Crippen molar-refractivity contribution in [3.63, 3.8) is 0 Å². The molecule has 0 spiro atoms. The molecule has 0 fully saturated rings. The first-order chi connectivity index (χ1) is 8.27. The van der Waals surface area contributed by atoms with Gasteiger partial charge in [-0.25, -0.2) is 9.78 Å². The van der Waals surface area contributed by atoms with Crippen molar-refractivity contribution < 1.29 is 9.90 Å². The van der Waals surface area contributed by atoms with E-state index in [1.807, 2.05) is 23.6 Å². The number of carbonyl (C=O) groups is 1. The number of aromatic nitrogens is 2. The van der Waals surface area contributed by atoms with Crippen LogP contribution in [0.25, 0.3) is 16.2 Å². The fourth-order valence-corrected chi connectivity index (χ4v) is 2.50. The van der Waals surface area contributed by atoms with Crippen LogP contribution in [0.5, 0.6) is 0 Å². The van der Waals surface area contributed by atoms with E-state index in [2.05, 4.69) is 4.98 Å². The smallest absolute Gasteiger partial charge is 0.355 e. The van der Waals surface area contributed by atoms with Crippen LogP contribution in [0.3, 0.4) is 0 Å². The van der Waals surface area contributed by atoms with Crippen molar-refractivity contribution in [2.75, 3.05) is 0 Å². The minimum absolute atomic E-state index is 0.211. The number of pyridine rings is 1. The summed E-state index contributed by atoms with van der Waals surface area (Å²) in [5, 5.41) is 11.2. The second-order valence-electron chi connectivity index (χ2n) is 3.52. The zero-order chi connectivity index (χ0) is 11.8. The van der Waals surface area contributed by atoms with Crippen LogP contribution in [0.2, 0.25) is 0 Å². The van der Waals surface area contributed by atoms with Gasteiger partial charge in [-0.2, -0.15) is 0 Å². The Morgan fingerprint density at radius 3 is 2.88 bits per heavy atom. The summed E-state index contributed by atoms with van der Waals surface area (Å²) in [6, 6.07) is 9.18. The number of hydrogen-bond donors (Lipinski definition) is 1. The van der Waals surface area contributed by atoms with Gasteiger partial charge in [-0.3, -0.25) is 4.40 Å². The molecule has 3 rings (SSSR count). The lowest BCUT2D eigenvalue weighted by Crippen LogP contribution is -2.02. The second kappa shape index (κ2) is 3.71. The van der Waals surface area contributed by atoms with Crippen LogP contribution in [0.4, 0.5) is 0 Å². The Bertz CT molecular complexity index is 686. The Balaban J connectivity index is 2.38. The third-order valence-corrected chi connectivity index (χ3v) is 3.36. The van der Waals surface area contributed by atoms with Gasteiger partial charge >= 0.3 is 5.97 Å². The molecule has 0 aromatic carbocycles. The Hall–Kier alpha value is -2.14. The number of hydrogen-bond acceptors (Lipinski definition) is 3. The zero-order valence-electron chi connectivity index (χ0n) is 8.70. The molecule has 84 valence electrons. The van der Waals surface area contributed by atoms with Crippen molar-refractivity contribution in [2.45, 2.75) is 0 Å². The van der Waals surface area contributed by atoms with Gasteiger partial charge < -0.3 is 5.11 Å². The molecule has 0 aliphatic heterocycles. The van der Waals surface area contributed by atoms with Crippen LogP contribution in [0.1, 0.15) is 10.5 Å². The standard InChI is InChI=1S/C12H8N2O2S/c15-12(16)11-10(8-4-3-7-17-8)13-9-5-1-2-6-14(9)11/h1-7H,(H,15,16). The molecule has 0 radical (unpaired) electrons. The maximum Gasteiger partial charge on any atom is 0.355 e. The molecule has 5 heteroatoms. The summed E-state index contributed by atoms with van der Waals surface area (Å²) in [5.74, 6) is -0.966. The summed E-state index contributed by atoms with van der Waals surface area (Å²) < 4.78 is 1.59. The predicted molar refractivity (Wildman–Crippen MR) is 65.5 cm³/mol. The van der Waals surface area contributed by atoms with Crippen molar-refractivity contribution in [1.29, 1.82) is 0 Å². The number of thiophene rings is 1. The highest BCUT2D eigenvalue weighted by molar-refractivity contribution is 7.13. The van der Waals surface area contributed by atoms with Gasteiger partial charge in [-0.1, -0.05) is 12.1 Å². The van der Waals surface area contributed by atoms with Crippen LogP contribution in [-0.4, -0.2) is 20.5 Å². The first kappa shape index (κ1) is 10.0. The molecule has 0 unspecified atom stereocenters. The zero-order valence-corrected chi connectivity index (χ0v) is 9.52. The largest absolute Gasteiger partial charge is 0.476 e. The molecule has 3 aromatic heterocycles. The lowest BCUT2D eigenvalue weighted by atomic mass is 10.3. The van der Waals surface area contributed by atoms with E-state index in [0.29, 0.717) is 11.3 Å². The van der Waals surface area contributed by atoms with Crippen molar-refractivity contribution in [3.8, 4) is 10.6 Å². The maximum atomic E-state index is 11.3. The molecular formula is C12H8N2O2S. The van der Waals surface area contributed by atoms with E-state index >= 15 is 0 Å². The molecule has 1 N–H and O–H groups in total. The summed E-state index contributed by atoms with van der Waals surface area (Å²) in [5.41, 5.74) is 1.38. The molecular weight excluding hydrogens is 236 g/mol. The third kappa shape index (κ3) is 1.52. The van der Waals surface area contributed by atoms with Gasteiger partial charge in [0.05, 0.1) is 4.88 Å². The van der Waals surface area contributed by atoms with Gasteiger partial charge in [0.1, 0.15) is 11.3 Å². The Kier molecular flexibility index (Phi) is 2.19. The number of rotatable bonds is 2. The van der Waals surface area contributed by atoms with E-state index in [9.17, 15) is 9.90 Å². The van der Waals surface area contributed by atoms with Crippen molar-refractivity contribution in [1.82, 2.24) is 9.38 Å². The van der Waals surface area contributed by atoms with Gasteiger partial charge in [-0.05, 0) is 23.6 Å². The van der Waals surface area contributed by atoms with E-state index in [-0.39, 0.29) is 5.69 Å². The quantitative estimate of drug-likeness (QED) is 0.754. The normalized spacial score (nSPS) is 10.8. The highest BCUT2D eigenvalue weighted by Crippen LogP contribution is 2.28. The fraction of sp³-hybridized carbons (Fsp3) is 0.